The molecule has 0 saturated carbocycles. The standard InChI is InChI=1S/C52H37N/c1-2-14-37-32-38(25-24-34(37)12-1)39-28-31-50-48(33-39)42-17-9-10-23-49(42)53(50)40-29-26-36(27-30-40)51-44-18-5-7-20-46(44)52(47-21-8-6-19-45(47)51)43-22-11-15-35-13-3-4-16-41(35)43/h1-2,5-12,14-15,17-33H,3-4,13,16H2. The molecule has 0 atom stereocenters. The Balaban J connectivity index is 1.07. The molecule has 1 heterocycles. The van der Waals surface area contributed by atoms with Crippen LogP contribution in [0.1, 0.15) is 24.0 Å². The zero-order chi connectivity index (χ0) is 34.9. The zero-order valence-electron chi connectivity index (χ0n) is 29.5. The fourth-order valence-electron chi connectivity index (χ4n) is 9.32. The highest BCUT2D eigenvalue weighted by Crippen LogP contribution is 2.46. The van der Waals surface area contributed by atoms with Crippen LogP contribution in [0.15, 0.2) is 176 Å². The number of aromatic nitrogens is 1. The van der Waals surface area contributed by atoms with Crippen LogP contribution in [0.25, 0.3) is 93.2 Å². The Bertz CT molecular complexity index is 2990. The normalized spacial score (nSPS) is 13.0. The third kappa shape index (κ3) is 4.77. The third-order valence-corrected chi connectivity index (χ3v) is 11.8. The molecule has 53 heavy (non-hydrogen) atoms. The molecular formula is C52H37N. The van der Waals surface area contributed by atoms with Gasteiger partial charge in [-0.1, -0.05) is 140 Å². The lowest BCUT2D eigenvalue weighted by molar-refractivity contribution is 0.687. The Labute approximate surface area is 309 Å². The van der Waals surface area contributed by atoms with Gasteiger partial charge in [0.2, 0.25) is 0 Å². The molecule has 1 aliphatic carbocycles. The fourth-order valence-corrected chi connectivity index (χ4v) is 9.32. The summed E-state index contributed by atoms with van der Waals surface area (Å²) in [6, 6.07) is 65.5. The first kappa shape index (κ1) is 30.2. The number of hydrogen-bond donors (Lipinski definition) is 0. The summed E-state index contributed by atoms with van der Waals surface area (Å²) >= 11 is 0. The maximum Gasteiger partial charge on any atom is 0.0541 e. The molecule has 11 rings (SSSR count). The van der Waals surface area contributed by atoms with Crippen LogP contribution >= 0.6 is 0 Å². The van der Waals surface area contributed by atoms with E-state index in [4.69, 9.17) is 0 Å². The van der Waals surface area contributed by atoms with Crippen molar-refractivity contribution in [3.8, 4) is 39.1 Å². The van der Waals surface area contributed by atoms with Crippen molar-refractivity contribution in [2.75, 3.05) is 0 Å². The average molecular weight is 676 g/mol. The van der Waals surface area contributed by atoms with Gasteiger partial charge >= 0.3 is 0 Å². The maximum absolute atomic E-state index is 2.43. The van der Waals surface area contributed by atoms with Crippen molar-refractivity contribution in [1.29, 1.82) is 0 Å². The van der Waals surface area contributed by atoms with Crippen LogP contribution < -0.4 is 0 Å². The Morgan fingerprint density at radius 3 is 1.72 bits per heavy atom. The summed E-state index contributed by atoms with van der Waals surface area (Å²) in [7, 11) is 0. The van der Waals surface area contributed by atoms with Gasteiger partial charge in [0.05, 0.1) is 11.0 Å². The van der Waals surface area contributed by atoms with Crippen molar-refractivity contribution in [3.05, 3.63) is 187 Å². The van der Waals surface area contributed by atoms with E-state index in [1.807, 2.05) is 0 Å². The molecule has 0 spiro atoms. The van der Waals surface area contributed by atoms with Crippen molar-refractivity contribution < 1.29 is 0 Å². The summed E-state index contributed by atoms with van der Waals surface area (Å²) in [6.07, 6.45) is 4.89. The molecule has 250 valence electrons. The van der Waals surface area contributed by atoms with Crippen molar-refractivity contribution in [2.24, 2.45) is 0 Å². The minimum Gasteiger partial charge on any atom is -0.309 e. The fraction of sp³-hybridized carbons (Fsp3) is 0.0769. The molecule has 0 saturated heterocycles. The van der Waals surface area contributed by atoms with E-state index in [2.05, 4.69) is 180 Å². The molecular weight excluding hydrogens is 639 g/mol. The highest BCUT2D eigenvalue weighted by atomic mass is 15.0. The first-order chi connectivity index (χ1) is 26.3. The molecule has 0 amide bonds. The predicted molar refractivity (Wildman–Crippen MR) is 226 cm³/mol. The van der Waals surface area contributed by atoms with E-state index in [-0.39, 0.29) is 0 Å². The van der Waals surface area contributed by atoms with Crippen LogP contribution in [0.3, 0.4) is 0 Å². The Morgan fingerprint density at radius 1 is 0.358 bits per heavy atom. The van der Waals surface area contributed by atoms with Gasteiger partial charge in [-0.2, -0.15) is 0 Å². The lowest BCUT2D eigenvalue weighted by Crippen LogP contribution is -2.04. The van der Waals surface area contributed by atoms with Gasteiger partial charge in [0.15, 0.2) is 0 Å². The minimum absolute atomic E-state index is 1.16. The molecule has 1 aliphatic rings. The summed E-state index contributed by atoms with van der Waals surface area (Å²) < 4.78 is 2.43. The number of fused-ring (bicyclic) bond motifs is 7. The first-order valence-corrected chi connectivity index (χ1v) is 19.0. The summed E-state index contributed by atoms with van der Waals surface area (Å²) in [5.41, 5.74) is 14.5. The SMILES string of the molecule is c1cc2c(c(-c3c4ccccc4c(-c4ccc(-n5c6ccccc6c6cc(-c7ccc8ccccc8c7)ccc65)cc4)c4ccccc34)c1)CCCC2. The molecule has 0 bridgehead atoms. The number of nitrogens with zero attached hydrogens (tertiary/aromatic N) is 1. The molecule has 0 fully saturated rings. The quantitative estimate of drug-likeness (QED) is 0.164. The Kier molecular flexibility index (Phi) is 6.88. The van der Waals surface area contributed by atoms with Gasteiger partial charge in [0.1, 0.15) is 0 Å². The van der Waals surface area contributed by atoms with Crippen LogP contribution in [0.5, 0.6) is 0 Å². The molecule has 0 unspecified atom stereocenters. The zero-order valence-corrected chi connectivity index (χ0v) is 29.5. The second kappa shape index (κ2) is 12.1. The van der Waals surface area contributed by atoms with Gasteiger partial charge in [-0.3, -0.25) is 0 Å². The van der Waals surface area contributed by atoms with Gasteiger partial charge in [-0.25, -0.2) is 0 Å². The van der Waals surface area contributed by atoms with Gasteiger partial charge in [-0.15, -0.1) is 0 Å². The molecule has 0 aliphatic heterocycles. The molecule has 9 aromatic carbocycles. The maximum atomic E-state index is 2.43. The van der Waals surface area contributed by atoms with Crippen molar-refractivity contribution in [1.82, 2.24) is 4.57 Å². The van der Waals surface area contributed by atoms with E-state index in [9.17, 15) is 0 Å². The summed E-state index contributed by atoms with van der Waals surface area (Å²) in [5, 5.41) is 10.3. The second-order valence-corrected chi connectivity index (χ2v) is 14.7. The molecule has 1 heteroatoms. The van der Waals surface area contributed by atoms with Gasteiger partial charge in [-0.05, 0) is 139 Å². The minimum atomic E-state index is 1.16. The number of aryl methyl sites for hydroxylation is 1. The van der Waals surface area contributed by atoms with E-state index < -0.39 is 0 Å². The second-order valence-electron chi connectivity index (χ2n) is 14.7. The largest absolute Gasteiger partial charge is 0.309 e. The van der Waals surface area contributed by atoms with Crippen molar-refractivity contribution in [3.63, 3.8) is 0 Å². The summed E-state index contributed by atoms with van der Waals surface area (Å²) in [4.78, 5) is 0. The van der Waals surface area contributed by atoms with Crippen molar-refractivity contribution >= 4 is 54.1 Å². The van der Waals surface area contributed by atoms with Crippen LogP contribution in [-0.2, 0) is 12.8 Å². The van der Waals surface area contributed by atoms with Crippen LogP contribution in [0.4, 0.5) is 0 Å². The molecule has 0 N–H and O–H groups in total. The average Bonchev–Trinajstić information content (AvgIpc) is 3.56. The third-order valence-electron chi connectivity index (χ3n) is 11.8. The number of para-hydroxylation sites is 1. The van der Waals surface area contributed by atoms with Gasteiger partial charge in [0.25, 0.3) is 0 Å². The number of hydrogen-bond acceptors (Lipinski definition) is 0. The number of benzene rings is 9. The highest BCUT2D eigenvalue weighted by molar-refractivity contribution is 6.21. The smallest absolute Gasteiger partial charge is 0.0541 e. The topological polar surface area (TPSA) is 4.93 Å². The van der Waals surface area contributed by atoms with E-state index in [1.54, 1.807) is 5.56 Å². The van der Waals surface area contributed by atoms with Crippen molar-refractivity contribution in [2.45, 2.75) is 25.7 Å². The van der Waals surface area contributed by atoms with Crippen LogP contribution in [-0.4, -0.2) is 4.57 Å². The summed E-state index contributed by atoms with van der Waals surface area (Å²) in [6.45, 7) is 0. The highest BCUT2D eigenvalue weighted by Gasteiger charge is 2.21. The molecule has 1 nitrogen and oxygen atoms in total. The lowest BCUT2D eigenvalue weighted by Gasteiger charge is -2.23. The monoisotopic (exact) mass is 675 g/mol. The van der Waals surface area contributed by atoms with Crippen LogP contribution in [0, 0.1) is 0 Å². The van der Waals surface area contributed by atoms with Gasteiger partial charge in [0, 0.05) is 16.5 Å². The lowest BCUT2D eigenvalue weighted by atomic mass is 9.81. The predicted octanol–water partition coefficient (Wildman–Crippen LogP) is 14.1. The number of rotatable bonds is 4. The van der Waals surface area contributed by atoms with Crippen LogP contribution in [0.2, 0.25) is 0 Å². The first-order valence-electron chi connectivity index (χ1n) is 19.0. The Hall–Kier alpha value is -6.44. The van der Waals surface area contributed by atoms with Gasteiger partial charge < -0.3 is 4.57 Å². The molecule has 10 aromatic rings. The van der Waals surface area contributed by atoms with E-state index in [0.717, 1.165) is 6.42 Å². The van der Waals surface area contributed by atoms with E-state index >= 15 is 0 Å². The Morgan fingerprint density at radius 2 is 0.943 bits per heavy atom. The summed E-state index contributed by atoms with van der Waals surface area (Å²) in [5.74, 6) is 0. The molecule has 1 aromatic heterocycles. The van der Waals surface area contributed by atoms with E-state index in [1.165, 1.54) is 118 Å². The van der Waals surface area contributed by atoms with E-state index in [0.29, 0.717) is 0 Å². The molecule has 0 radical (unpaired) electrons.